The number of hydrogen-bond donors (Lipinski definition) is 0. The van der Waals surface area contributed by atoms with E-state index in [1.54, 1.807) is 0 Å². The van der Waals surface area contributed by atoms with E-state index in [1.807, 2.05) is 30.4 Å². The van der Waals surface area contributed by atoms with Gasteiger partial charge in [0.15, 0.2) is 0 Å². The van der Waals surface area contributed by atoms with E-state index in [1.165, 1.54) is 5.56 Å². The highest BCUT2D eigenvalue weighted by molar-refractivity contribution is 5.24. The normalized spacial score (nSPS) is 21.2. The second kappa shape index (κ2) is 3.40. The average Bonchev–Trinajstić information content (AvgIpc) is 2.21. The lowest BCUT2D eigenvalue weighted by Crippen LogP contribution is -1.96. The Morgan fingerprint density at radius 2 is 2.33 bits per heavy atom. The second-order valence-electron chi connectivity index (χ2n) is 2.87. The van der Waals surface area contributed by atoms with Crippen LogP contribution in [0.15, 0.2) is 42.5 Å². The van der Waals surface area contributed by atoms with E-state index in [0.717, 1.165) is 6.42 Å². The molecule has 2 radical (unpaired) electrons. The van der Waals surface area contributed by atoms with Crippen molar-refractivity contribution in [2.45, 2.75) is 12.3 Å². The summed E-state index contributed by atoms with van der Waals surface area (Å²) in [5.74, 6) is 0.413. The Morgan fingerprint density at radius 1 is 1.33 bits per heavy atom. The fourth-order valence-electron chi connectivity index (χ4n) is 1.36. The van der Waals surface area contributed by atoms with E-state index in [4.69, 9.17) is 0 Å². The molecule has 1 aromatic carbocycles. The monoisotopic (exact) mass is 154 g/mol. The molecule has 0 bridgehead atoms. The molecule has 58 valence electrons. The number of benzene rings is 1. The molecule has 1 aliphatic rings. The summed E-state index contributed by atoms with van der Waals surface area (Å²) in [6.45, 7) is 0. The fourth-order valence-corrected chi connectivity index (χ4v) is 1.36. The van der Waals surface area contributed by atoms with Crippen LogP contribution in [0.1, 0.15) is 17.9 Å². The second-order valence-corrected chi connectivity index (χ2v) is 2.87. The van der Waals surface area contributed by atoms with Gasteiger partial charge in [-0.25, -0.2) is 0 Å². The van der Waals surface area contributed by atoms with Crippen LogP contribution < -0.4 is 0 Å². The molecule has 1 atom stereocenters. The van der Waals surface area contributed by atoms with Crippen LogP contribution in [0.2, 0.25) is 0 Å². The quantitative estimate of drug-likeness (QED) is 0.583. The minimum absolute atomic E-state index is 0.413. The van der Waals surface area contributed by atoms with E-state index >= 15 is 0 Å². The molecule has 0 heteroatoms. The Labute approximate surface area is 73.2 Å². The summed E-state index contributed by atoms with van der Waals surface area (Å²) in [4.78, 5) is 0. The van der Waals surface area contributed by atoms with Crippen LogP contribution in [0, 0.1) is 12.1 Å². The molecule has 1 aliphatic carbocycles. The molecule has 0 fully saturated rings. The maximum atomic E-state index is 3.29. The summed E-state index contributed by atoms with van der Waals surface area (Å²) in [5.41, 5.74) is 1.23. The van der Waals surface area contributed by atoms with Crippen molar-refractivity contribution in [1.82, 2.24) is 0 Å². The predicted octanol–water partition coefficient (Wildman–Crippen LogP) is 2.89. The zero-order valence-corrected chi connectivity index (χ0v) is 6.83. The lowest BCUT2D eigenvalue weighted by molar-refractivity contribution is 0.829. The lowest BCUT2D eigenvalue weighted by Gasteiger charge is -2.11. The predicted molar refractivity (Wildman–Crippen MR) is 49.6 cm³/mol. The van der Waals surface area contributed by atoms with Gasteiger partial charge in [0.2, 0.25) is 0 Å². The van der Waals surface area contributed by atoms with Gasteiger partial charge in [-0.3, -0.25) is 0 Å². The van der Waals surface area contributed by atoms with Gasteiger partial charge in [0.05, 0.1) is 0 Å². The van der Waals surface area contributed by atoms with Crippen LogP contribution in [0.4, 0.5) is 0 Å². The molecule has 0 heterocycles. The van der Waals surface area contributed by atoms with Crippen molar-refractivity contribution in [3.8, 4) is 0 Å². The summed E-state index contributed by atoms with van der Waals surface area (Å²) in [6, 6.07) is 11.3. The first kappa shape index (κ1) is 7.35. The molecule has 0 aromatic heterocycles. The summed E-state index contributed by atoms with van der Waals surface area (Å²) in [5, 5.41) is 0. The van der Waals surface area contributed by atoms with Gasteiger partial charge >= 0.3 is 0 Å². The van der Waals surface area contributed by atoms with Crippen molar-refractivity contribution >= 4 is 0 Å². The summed E-state index contributed by atoms with van der Waals surface area (Å²) in [6.07, 6.45) is 10.5. The Balaban J connectivity index is 2.21. The maximum absolute atomic E-state index is 3.29. The highest BCUT2D eigenvalue weighted by atomic mass is 14.1. The third-order valence-corrected chi connectivity index (χ3v) is 2.01. The third kappa shape index (κ3) is 1.48. The lowest BCUT2D eigenvalue weighted by atomic mass is 9.93. The first-order valence-corrected chi connectivity index (χ1v) is 4.18. The van der Waals surface area contributed by atoms with Crippen LogP contribution in [-0.4, -0.2) is 0 Å². The Bertz CT molecular complexity index is 293. The van der Waals surface area contributed by atoms with Crippen molar-refractivity contribution in [3.63, 3.8) is 0 Å². The third-order valence-electron chi connectivity index (χ3n) is 2.01. The van der Waals surface area contributed by atoms with Gasteiger partial charge in [-0.2, -0.15) is 0 Å². The van der Waals surface area contributed by atoms with Gasteiger partial charge in [0, 0.05) is 5.92 Å². The molecule has 2 rings (SSSR count). The van der Waals surface area contributed by atoms with Crippen LogP contribution >= 0.6 is 0 Å². The Kier molecular flexibility index (Phi) is 2.08. The maximum Gasteiger partial charge on any atom is 0.0133 e. The molecule has 0 nitrogen and oxygen atoms in total. The van der Waals surface area contributed by atoms with Crippen LogP contribution in [0.3, 0.4) is 0 Å². The van der Waals surface area contributed by atoms with Gasteiger partial charge in [-0.1, -0.05) is 42.5 Å². The Hall–Kier alpha value is -1.30. The van der Waals surface area contributed by atoms with Crippen molar-refractivity contribution in [3.05, 3.63) is 60.2 Å². The highest BCUT2D eigenvalue weighted by Crippen LogP contribution is 2.22. The highest BCUT2D eigenvalue weighted by Gasteiger charge is 2.07. The molecule has 12 heavy (non-hydrogen) atoms. The number of allylic oxidation sites excluding steroid dienone is 4. The van der Waals surface area contributed by atoms with Crippen molar-refractivity contribution in [1.29, 1.82) is 0 Å². The Morgan fingerprint density at radius 3 is 3.00 bits per heavy atom. The van der Waals surface area contributed by atoms with E-state index in [0.29, 0.717) is 5.92 Å². The molecule has 0 spiro atoms. The molecular weight excluding hydrogens is 144 g/mol. The van der Waals surface area contributed by atoms with Gasteiger partial charge in [-0.15, -0.1) is 0 Å². The zero-order chi connectivity index (χ0) is 8.23. The van der Waals surface area contributed by atoms with E-state index in [-0.39, 0.29) is 0 Å². The van der Waals surface area contributed by atoms with E-state index in [2.05, 4.69) is 24.3 Å². The summed E-state index contributed by atoms with van der Waals surface area (Å²) >= 11 is 0. The molecule has 0 aliphatic heterocycles. The van der Waals surface area contributed by atoms with Crippen LogP contribution in [0.25, 0.3) is 0 Å². The molecular formula is C12H10. The largest absolute Gasteiger partial charge is 0.0836 e. The molecule has 1 aromatic rings. The van der Waals surface area contributed by atoms with E-state index < -0.39 is 0 Å². The SMILES string of the molecule is [C]1=CC=CC[C@@H]1c1[c]cccc1. The van der Waals surface area contributed by atoms with Crippen molar-refractivity contribution in [2.75, 3.05) is 0 Å². The first-order valence-electron chi connectivity index (χ1n) is 4.18. The smallest absolute Gasteiger partial charge is 0.0133 e. The summed E-state index contributed by atoms with van der Waals surface area (Å²) < 4.78 is 0. The topological polar surface area (TPSA) is 0 Å². The molecule has 0 saturated heterocycles. The van der Waals surface area contributed by atoms with Crippen molar-refractivity contribution < 1.29 is 0 Å². The molecule has 0 saturated carbocycles. The van der Waals surface area contributed by atoms with Gasteiger partial charge < -0.3 is 0 Å². The minimum Gasteiger partial charge on any atom is -0.0836 e. The molecule has 0 amide bonds. The fraction of sp³-hybridized carbons (Fsp3) is 0.167. The number of rotatable bonds is 1. The van der Waals surface area contributed by atoms with E-state index in [9.17, 15) is 0 Å². The van der Waals surface area contributed by atoms with Gasteiger partial charge in [0.1, 0.15) is 0 Å². The first-order chi connectivity index (χ1) is 5.97. The number of hydrogen-bond acceptors (Lipinski definition) is 0. The minimum atomic E-state index is 0.413. The van der Waals surface area contributed by atoms with Gasteiger partial charge in [-0.05, 0) is 24.1 Å². The van der Waals surface area contributed by atoms with Crippen LogP contribution in [0.5, 0.6) is 0 Å². The standard InChI is InChI=1S/C12H10/c1-3-7-11(8-4-1)12-9-5-2-6-10-12/h1-7,12H,9H2/t12-/m0/s1. The molecule has 0 N–H and O–H groups in total. The van der Waals surface area contributed by atoms with Crippen molar-refractivity contribution in [2.24, 2.45) is 0 Å². The molecule has 0 unspecified atom stereocenters. The average molecular weight is 154 g/mol. The summed E-state index contributed by atoms with van der Waals surface area (Å²) in [7, 11) is 0. The van der Waals surface area contributed by atoms with Gasteiger partial charge in [0.25, 0.3) is 0 Å². The van der Waals surface area contributed by atoms with Crippen LogP contribution in [-0.2, 0) is 0 Å². The zero-order valence-electron chi connectivity index (χ0n) is 6.83.